The summed E-state index contributed by atoms with van der Waals surface area (Å²) in [5, 5.41) is 11.8. The van der Waals surface area contributed by atoms with Crippen LogP contribution in [0.15, 0.2) is 58.0 Å². The number of rotatable bonds is 5. The Morgan fingerprint density at radius 1 is 1.12 bits per heavy atom. The lowest BCUT2D eigenvalue weighted by Gasteiger charge is -2.26. The van der Waals surface area contributed by atoms with Gasteiger partial charge < -0.3 is 23.9 Å². The summed E-state index contributed by atoms with van der Waals surface area (Å²) in [4.78, 5) is 32.1. The van der Waals surface area contributed by atoms with E-state index in [0.29, 0.717) is 60.3 Å². The van der Waals surface area contributed by atoms with Crippen LogP contribution in [0.5, 0.6) is 0 Å². The number of aromatic nitrogens is 4. The summed E-state index contributed by atoms with van der Waals surface area (Å²) in [5.41, 5.74) is 1.20. The summed E-state index contributed by atoms with van der Waals surface area (Å²) in [6.07, 6.45) is 1.67. The summed E-state index contributed by atoms with van der Waals surface area (Å²) >= 11 is 0. The SMILES string of the molecule is CC(C)n1cnnc1-c1cccc(Nc2cccc3oc(C(=O)N4CCOCC4)cc(=O)c23)n1. The second kappa shape index (κ2) is 9.06. The van der Waals surface area contributed by atoms with E-state index in [2.05, 4.69) is 20.5 Å². The molecule has 1 aliphatic rings. The zero-order valence-corrected chi connectivity index (χ0v) is 18.9. The lowest BCUT2D eigenvalue weighted by Crippen LogP contribution is -2.40. The highest BCUT2D eigenvalue weighted by Crippen LogP contribution is 2.26. The molecule has 0 radical (unpaired) electrons. The molecule has 10 heteroatoms. The van der Waals surface area contributed by atoms with Gasteiger partial charge in [0.25, 0.3) is 5.91 Å². The zero-order chi connectivity index (χ0) is 23.7. The van der Waals surface area contributed by atoms with Crippen LogP contribution in [0.1, 0.15) is 30.4 Å². The minimum atomic E-state index is -0.315. The van der Waals surface area contributed by atoms with Crippen LogP contribution in [-0.4, -0.2) is 56.9 Å². The van der Waals surface area contributed by atoms with Crippen molar-refractivity contribution in [3.8, 4) is 11.5 Å². The van der Waals surface area contributed by atoms with Crippen LogP contribution in [0.3, 0.4) is 0 Å². The molecule has 0 spiro atoms. The van der Waals surface area contributed by atoms with Crippen molar-refractivity contribution in [3.05, 3.63) is 64.8 Å². The number of benzene rings is 1. The van der Waals surface area contributed by atoms with Crippen molar-refractivity contribution < 1.29 is 13.9 Å². The lowest BCUT2D eigenvalue weighted by molar-refractivity contribution is 0.0283. The molecule has 1 N–H and O–H groups in total. The first kappa shape index (κ1) is 21.8. The predicted molar refractivity (Wildman–Crippen MR) is 126 cm³/mol. The van der Waals surface area contributed by atoms with E-state index in [9.17, 15) is 9.59 Å². The number of nitrogens with one attached hydrogen (secondary N) is 1. The quantitative estimate of drug-likeness (QED) is 0.483. The molecule has 0 unspecified atom stereocenters. The zero-order valence-electron chi connectivity index (χ0n) is 18.9. The fourth-order valence-corrected chi connectivity index (χ4v) is 3.91. The van der Waals surface area contributed by atoms with E-state index in [1.165, 1.54) is 6.07 Å². The molecule has 34 heavy (non-hydrogen) atoms. The number of amides is 1. The molecule has 1 fully saturated rings. The third kappa shape index (κ3) is 4.15. The molecule has 0 aliphatic carbocycles. The molecule has 0 atom stereocenters. The number of fused-ring (bicyclic) bond motifs is 1. The van der Waals surface area contributed by atoms with Gasteiger partial charge in [-0.25, -0.2) is 4.98 Å². The van der Waals surface area contributed by atoms with Gasteiger partial charge >= 0.3 is 0 Å². The molecular weight excluding hydrogens is 436 g/mol. The van der Waals surface area contributed by atoms with E-state index < -0.39 is 0 Å². The number of ether oxygens (including phenoxy) is 1. The van der Waals surface area contributed by atoms with E-state index >= 15 is 0 Å². The molecule has 1 aliphatic heterocycles. The topological polar surface area (TPSA) is 115 Å². The van der Waals surface area contributed by atoms with Crippen molar-refractivity contribution in [1.29, 1.82) is 0 Å². The van der Waals surface area contributed by atoms with Gasteiger partial charge in [-0.15, -0.1) is 10.2 Å². The highest BCUT2D eigenvalue weighted by atomic mass is 16.5. The van der Waals surface area contributed by atoms with Gasteiger partial charge in [-0.1, -0.05) is 12.1 Å². The molecule has 4 aromatic rings. The maximum Gasteiger partial charge on any atom is 0.289 e. The van der Waals surface area contributed by atoms with Crippen molar-refractivity contribution in [3.63, 3.8) is 0 Å². The first-order chi connectivity index (χ1) is 16.5. The maximum atomic E-state index is 13.0. The molecule has 5 rings (SSSR count). The van der Waals surface area contributed by atoms with Gasteiger partial charge in [-0.2, -0.15) is 0 Å². The van der Waals surface area contributed by atoms with Crippen molar-refractivity contribution in [1.82, 2.24) is 24.6 Å². The second-order valence-corrected chi connectivity index (χ2v) is 8.25. The summed E-state index contributed by atoms with van der Waals surface area (Å²) < 4.78 is 13.1. The van der Waals surface area contributed by atoms with Crippen LogP contribution >= 0.6 is 0 Å². The van der Waals surface area contributed by atoms with Gasteiger partial charge in [-0.05, 0) is 38.1 Å². The van der Waals surface area contributed by atoms with E-state index in [0.717, 1.165) is 0 Å². The van der Waals surface area contributed by atoms with Crippen molar-refractivity contribution in [2.75, 3.05) is 31.6 Å². The highest BCUT2D eigenvalue weighted by Gasteiger charge is 2.22. The smallest absolute Gasteiger partial charge is 0.289 e. The van der Waals surface area contributed by atoms with Gasteiger partial charge in [0.1, 0.15) is 23.4 Å². The Bertz CT molecular complexity index is 1400. The normalized spacial score (nSPS) is 14.0. The van der Waals surface area contributed by atoms with Gasteiger partial charge in [0.2, 0.25) is 0 Å². The Balaban J connectivity index is 1.47. The lowest BCUT2D eigenvalue weighted by atomic mass is 10.1. The van der Waals surface area contributed by atoms with Crippen LogP contribution < -0.4 is 10.7 Å². The first-order valence-electron chi connectivity index (χ1n) is 11.1. The number of nitrogens with zero attached hydrogens (tertiary/aromatic N) is 5. The number of pyridine rings is 1. The van der Waals surface area contributed by atoms with Crippen LogP contribution in [-0.2, 0) is 4.74 Å². The molecule has 1 saturated heterocycles. The third-order valence-electron chi connectivity index (χ3n) is 5.63. The molecule has 4 heterocycles. The van der Waals surface area contributed by atoms with Crippen molar-refractivity contribution in [2.24, 2.45) is 0 Å². The Labute approximate surface area is 195 Å². The molecule has 0 saturated carbocycles. The van der Waals surface area contributed by atoms with E-state index in [1.54, 1.807) is 35.5 Å². The number of hydrogen-bond donors (Lipinski definition) is 1. The molecule has 1 aromatic carbocycles. The largest absolute Gasteiger partial charge is 0.451 e. The number of morpholine rings is 1. The van der Waals surface area contributed by atoms with E-state index in [4.69, 9.17) is 9.15 Å². The van der Waals surface area contributed by atoms with Crippen LogP contribution in [0, 0.1) is 0 Å². The molecule has 10 nitrogen and oxygen atoms in total. The molecule has 1 amide bonds. The Hall–Kier alpha value is -4.05. The van der Waals surface area contributed by atoms with Gasteiger partial charge in [0.05, 0.1) is 24.3 Å². The average molecular weight is 460 g/mol. The van der Waals surface area contributed by atoms with Crippen molar-refractivity contribution >= 4 is 28.4 Å². The maximum absolute atomic E-state index is 13.0. The summed E-state index contributed by atoms with van der Waals surface area (Å²) in [7, 11) is 0. The summed E-state index contributed by atoms with van der Waals surface area (Å²) in [6.45, 7) is 5.96. The number of carbonyl (C=O) groups is 1. The first-order valence-corrected chi connectivity index (χ1v) is 11.1. The minimum Gasteiger partial charge on any atom is -0.451 e. The van der Waals surface area contributed by atoms with E-state index in [-0.39, 0.29) is 23.1 Å². The minimum absolute atomic E-state index is 0.0182. The van der Waals surface area contributed by atoms with Crippen LogP contribution in [0.4, 0.5) is 11.5 Å². The third-order valence-corrected chi connectivity index (χ3v) is 5.63. The highest BCUT2D eigenvalue weighted by molar-refractivity contribution is 5.96. The fourth-order valence-electron chi connectivity index (χ4n) is 3.91. The summed E-state index contributed by atoms with van der Waals surface area (Å²) in [5.74, 6) is 0.896. The Kier molecular flexibility index (Phi) is 5.81. The number of carbonyl (C=O) groups excluding carboxylic acids is 1. The molecule has 3 aromatic heterocycles. The average Bonchev–Trinajstić information content (AvgIpc) is 3.35. The van der Waals surface area contributed by atoms with Gasteiger partial charge in [-0.3, -0.25) is 9.59 Å². The Morgan fingerprint density at radius 3 is 2.71 bits per heavy atom. The summed E-state index contributed by atoms with van der Waals surface area (Å²) in [6, 6.07) is 12.2. The standard InChI is InChI=1S/C24H24N6O4/c1-15(2)30-14-25-28-23(30)17-6-4-8-21(27-17)26-16-5-3-7-19-22(16)18(31)13-20(34-19)24(32)29-9-11-33-12-10-29/h3-8,13-15H,9-12H2,1-2H3,(H,26,27). The number of anilines is 2. The molecule has 0 bridgehead atoms. The fraction of sp³-hybridized carbons (Fsp3) is 0.292. The van der Waals surface area contributed by atoms with Crippen LogP contribution in [0.25, 0.3) is 22.5 Å². The van der Waals surface area contributed by atoms with Gasteiger partial charge in [0.15, 0.2) is 17.0 Å². The predicted octanol–water partition coefficient (Wildman–Crippen LogP) is 3.24. The molecular formula is C24H24N6O4. The van der Waals surface area contributed by atoms with Gasteiger partial charge in [0, 0.05) is 25.2 Å². The Morgan fingerprint density at radius 2 is 1.91 bits per heavy atom. The second-order valence-electron chi connectivity index (χ2n) is 8.25. The number of hydrogen-bond acceptors (Lipinski definition) is 8. The monoisotopic (exact) mass is 460 g/mol. The van der Waals surface area contributed by atoms with Crippen molar-refractivity contribution in [2.45, 2.75) is 19.9 Å². The van der Waals surface area contributed by atoms with Crippen LogP contribution in [0.2, 0.25) is 0 Å². The molecule has 174 valence electrons. The van der Waals surface area contributed by atoms with E-state index in [1.807, 2.05) is 30.5 Å².